The van der Waals surface area contributed by atoms with Gasteiger partial charge in [0.1, 0.15) is 18.1 Å². The summed E-state index contributed by atoms with van der Waals surface area (Å²) in [6.45, 7) is 5.14. The molecule has 0 bridgehead atoms. The van der Waals surface area contributed by atoms with E-state index in [4.69, 9.17) is 4.74 Å². The number of imidazole rings is 1. The van der Waals surface area contributed by atoms with Crippen LogP contribution in [0.4, 0.5) is 23.4 Å². The molecule has 0 unspecified atom stereocenters. The fourth-order valence-electron chi connectivity index (χ4n) is 2.65. The number of aromatic nitrogens is 2. The van der Waals surface area contributed by atoms with Crippen LogP contribution in [-0.4, -0.2) is 27.5 Å². The Morgan fingerprint density at radius 2 is 1.76 bits per heavy atom. The normalized spacial score (nSPS) is 12.4. The molecule has 0 saturated carbocycles. The Kier molecular flexibility index (Phi) is 5.36. The second-order valence-electron chi connectivity index (χ2n) is 7.41. The third-order valence-electron chi connectivity index (χ3n) is 3.96. The van der Waals surface area contributed by atoms with Crippen LogP contribution in [0.15, 0.2) is 42.6 Å². The van der Waals surface area contributed by atoms with Gasteiger partial charge >= 0.3 is 6.18 Å². The van der Waals surface area contributed by atoms with E-state index in [0.29, 0.717) is 11.2 Å². The molecule has 0 spiro atoms. The van der Waals surface area contributed by atoms with Gasteiger partial charge in [-0.25, -0.2) is 9.37 Å². The van der Waals surface area contributed by atoms with E-state index in [1.807, 2.05) is 0 Å². The maximum absolute atomic E-state index is 13.8. The molecule has 3 aromatic rings. The van der Waals surface area contributed by atoms with E-state index < -0.39 is 29.1 Å². The van der Waals surface area contributed by atoms with Gasteiger partial charge in [-0.2, -0.15) is 13.2 Å². The summed E-state index contributed by atoms with van der Waals surface area (Å²) in [7, 11) is 0. The highest BCUT2D eigenvalue weighted by atomic mass is 19.4. The van der Waals surface area contributed by atoms with Crippen molar-refractivity contribution in [1.82, 2.24) is 9.38 Å². The van der Waals surface area contributed by atoms with Gasteiger partial charge in [-0.3, -0.25) is 9.20 Å². The average Bonchev–Trinajstić information content (AvgIpc) is 2.95. The second-order valence-corrected chi connectivity index (χ2v) is 7.41. The van der Waals surface area contributed by atoms with Crippen LogP contribution in [0.25, 0.3) is 16.9 Å². The highest BCUT2D eigenvalue weighted by Gasteiger charge is 2.30. The predicted molar refractivity (Wildman–Crippen MR) is 99.9 cm³/mol. The first-order chi connectivity index (χ1) is 13.4. The molecule has 1 aromatic carbocycles. The van der Waals surface area contributed by atoms with E-state index in [1.165, 1.54) is 28.7 Å². The van der Waals surface area contributed by atoms with Gasteiger partial charge in [-0.15, -0.1) is 0 Å². The number of anilines is 1. The summed E-state index contributed by atoms with van der Waals surface area (Å²) >= 11 is 0. The lowest BCUT2D eigenvalue weighted by atomic mass is 10.1. The fraction of sp³-hybridized carbons (Fsp3) is 0.300. The molecule has 5 nitrogen and oxygen atoms in total. The molecular formula is C20H19F4N3O2. The molecule has 0 saturated heterocycles. The number of nitrogens with zero attached hydrogens (tertiary/aromatic N) is 2. The molecule has 0 atom stereocenters. The van der Waals surface area contributed by atoms with E-state index in [-0.39, 0.29) is 18.1 Å². The lowest BCUT2D eigenvalue weighted by Crippen LogP contribution is -2.27. The number of halogens is 4. The molecule has 29 heavy (non-hydrogen) atoms. The molecule has 2 aromatic heterocycles. The summed E-state index contributed by atoms with van der Waals surface area (Å²) in [6, 6.07) is 6.94. The van der Waals surface area contributed by atoms with Crippen molar-refractivity contribution in [3.8, 4) is 11.3 Å². The van der Waals surface area contributed by atoms with E-state index in [9.17, 15) is 22.4 Å². The monoisotopic (exact) mass is 409 g/mol. The first kappa shape index (κ1) is 20.8. The van der Waals surface area contributed by atoms with Crippen molar-refractivity contribution in [3.05, 3.63) is 54.0 Å². The van der Waals surface area contributed by atoms with Crippen molar-refractivity contribution in [3.63, 3.8) is 0 Å². The molecular weight excluding hydrogens is 390 g/mol. The number of benzene rings is 1. The third kappa shape index (κ3) is 4.92. The van der Waals surface area contributed by atoms with E-state index in [2.05, 4.69) is 10.3 Å². The maximum Gasteiger partial charge on any atom is 0.416 e. The Morgan fingerprint density at radius 3 is 2.34 bits per heavy atom. The lowest BCUT2D eigenvalue weighted by Gasteiger charge is -2.18. The molecule has 2 heterocycles. The molecule has 0 aliphatic rings. The molecule has 3 rings (SSSR count). The highest BCUT2D eigenvalue weighted by molar-refractivity contribution is 5.95. The van der Waals surface area contributed by atoms with Crippen LogP contribution in [0.5, 0.6) is 0 Å². The molecule has 9 heteroatoms. The third-order valence-corrected chi connectivity index (χ3v) is 3.96. The Bertz CT molecular complexity index is 1030. The van der Waals surface area contributed by atoms with Gasteiger partial charge in [-0.1, -0.05) is 12.1 Å². The lowest BCUT2D eigenvalue weighted by molar-refractivity contribution is -0.137. The molecule has 154 valence electrons. The van der Waals surface area contributed by atoms with Gasteiger partial charge in [0.05, 0.1) is 16.9 Å². The van der Waals surface area contributed by atoms with Crippen molar-refractivity contribution in [2.24, 2.45) is 0 Å². The number of ether oxygens (including phenoxy) is 1. The van der Waals surface area contributed by atoms with E-state index in [0.717, 1.165) is 18.3 Å². The van der Waals surface area contributed by atoms with Crippen LogP contribution in [-0.2, 0) is 15.7 Å². The second kappa shape index (κ2) is 7.47. The van der Waals surface area contributed by atoms with E-state index >= 15 is 0 Å². The molecule has 1 amide bonds. The number of rotatable bonds is 4. The molecule has 0 radical (unpaired) electrons. The minimum atomic E-state index is -4.48. The summed E-state index contributed by atoms with van der Waals surface area (Å²) in [4.78, 5) is 16.5. The first-order valence-corrected chi connectivity index (χ1v) is 8.73. The van der Waals surface area contributed by atoms with Gasteiger partial charge < -0.3 is 10.1 Å². The number of nitrogens with one attached hydrogen (secondary N) is 1. The van der Waals surface area contributed by atoms with Crippen molar-refractivity contribution in [2.75, 3.05) is 11.9 Å². The summed E-state index contributed by atoms with van der Waals surface area (Å²) in [5.74, 6) is -0.952. The zero-order chi connectivity index (χ0) is 21.4. The quantitative estimate of drug-likeness (QED) is 0.623. The zero-order valence-corrected chi connectivity index (χ0v) is 16.0. The van der Waals surface area contributed by atoms with Crippen LogP contribution in [0.2, 0.25) is 0 Å². The van der Waals surface area contributed by atoms with Crippen LogP contribution in [0, 0.1) is 5.82 Å². The zero-order valence-electron chi connectivity index (χ0n) is 16.0. The SMILES string of the molecule is CC(C)(C)OCC(=O)Nc1nc2ccc(F)cn2c1-c1ccc(C(F)(F)F)cc1. The number of carbonyl (C=O) groups is 1. The number of fused-ring (bicyclic) bond motifs is 1. The van der Waals surface area contributed by atoms with Crippen LogP contribution >= 0.6 is 0 Å². The topological polar surface area (TPSA) is 55.6 Å². The van der Waals surface area contributed by atoms with Gasteiger partial charge in [0.2, 0.25) is 0 Å². The molecule has 1 N–H and O–H groups in total. The first-order valence-electron chi connectivity index (χ1n) is 8.73. The predicted octanol–water partition coefficient (Wildman–Crippen LogP) is 4.91. The van der Waals surface area contributed by atoms with Gasteiger partial charge in [-0.05, 0) is 45.0 Å². The Balaban J connectivity index is 2.01. The van der Waals surface area contributed by atoms with Crippen molar-refractivity contribution in [2.45, 2.75) is 32.5 Å². The largest absolute Gasteiger partial charge is 0.416 e. The number of hydrogen-bond acceptors (Lipinski definition) is 3. The molecule has 0 fully saturated rings. The number of alkyl halides is 3. The van der Waals surface area contributed by atoms with Crippen molar-refractivity contribution >= 4 is 17.4 Å². The van der Waals surface area contributed by atoms with Crippen molar-refractivity contribution in [1.29, 1.82) is 0 Å². The van der Waals surface area contributed by atoms with Crippen LogP contribution in [0.1, 0.15) is 26.3 Å². The summed E-state index contributed by atoms with van der Waals surface area (Å²) in [5.41, 5.74) is -0.422. The number of amides is 1. The smallest absolute Gasteiger partial charge is 0.366 e. The minimum Gasteiger partial charge on any atom is -0.366 e. The number of pyridine rings is 1. The van der Waals surface area contributed by atoms with Crippen LogP contribution < -0.4 is 5.32 Å². The van der Waals surface area contributed by atoms with E-state index in [1.54, 1.807) is 20.8 Å². The molecule has 0 aliphatic heterocycles. The fourth-order valence-corrected chi connectivity index (χ4v) is 2.65. The van der Waals surface area contributed by atoms with Gasteiger partial charge in [0.15, 0.2) is 5.82 Å². The highest BCUT2D eigenvalue weighted by Crippen LogP contribution is 2.33. The Hall–Kier alpha value is -2.94. The Morgan fingerprint density at radius 1 is 1.10 bits per heavy atom. The summed E-state index contributed by atoms with van der Waals surface area (Å²) < 4.78 is 59.2. The molecule has 0 aliphatic carbocycles. The average molecular weight is 409 g/mol. The van der Waals surface area contributed by atoms with Gasteiger partial charge in [0.25, 0.3) is 5.91 Å². The van der Waals surface area contributed by atoms with Crippen molar-refractivity contribution < 1.29 is 27.1 Å². The number of hydrogen-bond donors (Lipinski definition) is 1. The Labute approximate surface area is 164 Å². The maximum atomic E-state index is 13.8. The standard InChI is InChI=1S/C20H19F4N3O2/c1-19(2,3)29-11-16(28)26-18-17(27-10-14(21)8-9-15(27)25-18)12-4-6-13(7-5-12)20(22,23)24/h4-10H,11H2,1-3H3,(H,26,28). The van der Waals surface area contributed by atoms with Gasteiger partial charge in [0, 0.05) is 11.8 Å². The minimum absolute atomic E-state index is 0.0952. The number of carbonyl (C=O) groups excluding carboxylic acids is 1. The summed E-state index contributed by atoms with van der Waals surface area (Å²) in [5, 5.41) is 2.59. The summed E-state index contributed by atoms with van der Waals surface area (Å²) in [6.07, 6.45) is -3.33. The van der Waals surface area contributed by atoms with Crippen LogP contribution in [0.3, 0.4) is 0 Å².